The molecule has 1 fully saturated rings. The van der Waals surface area contributed by atoms with Crippen LogP contribution in [0.1, 0.15) is 51.9 Å². The molecule has 130 valence electrons. The highest BCUT2D eigenvalue weighted by atomic mass is 32.1. The number of fused-ring (bicyclic) bond motifs is 1. The average molecular weight is 346 g/mol. The number of methoxy groups -OCH3 is 1. The van der Waals surface area contributed by atoms with Gasteiger partial charge in [-0.15, -0.1) is 0 Å². The fraction of sp³-hybridized carbons (Fsp3) is 0.579. The molecular formula is C19H26N2O2S. The number of amides is 1. The molecule has 1 N–H and O–H groups in total. The second kappa shape index (κ2) is 7.97. The number of hydrogen-bond acceptors (Lipinski definition) is 4. The molecule has 5 heteroatoms. The fourth-order valence-electron chi connectivity index (χ4n) is 3.50. The lowest BCUT2D eigenvalue weighted by Crippen LogP contribution is -2.27. The van der Waals surface area contributed by atoms with Crippen LogP contribution in [0.4, 0.5) is 5.13 Å². The van der Waals surface area contributed by atoms with Crippen LogP contribution in [0, 0.1) is 11.8 Å². The van der Waals surface area contributed by atoms with Crippen LogP contribution in [0.25, 0.3) is 10.2 Å². The van der Waals surface area contributed by atoms with E-state index in [1.54, 1.807) is 7.11 Å². The first-order chi connectivity index (χ1) is 11.7. The topological polar surface area (TPSA) is 51.2 Å². The predicted molar refractivity (Wildman–Crippen MR) is 99.8 cm³/mol. The number of nitrogens with zero attached hydrogens (tertiary/aromatic N) is 1. The Morgan fingerprint density at radius 3 is 2.83 bits per heavy atom. The van der Waals surface area contributed by atoms with Crippen LogP contribution in [0.3, 0.4) is 0 Å². The number of carbonyl (C=O) groups excluding carboxylic acids is 1. The molecule has 1 aliphatic carbocycles. The van der Waals surface area contributed by atoms with Crippen LogP contribution < -0.4 is 10.1 Å². The van der Waals surface area contributed by atoms with Crippen LogP contribution in [-0.4, -0.2) is 18.0 Å². The van der Waals surface area contributed by atoms with E-state index in [1.165, 1.54) is 43.4 Å². The molecule has 1 aromatic carbocycles. The third kappa shape index (κ3) is 4.07. The molecule has 24 heavy (non-hydrogen) atoms. The predicted octanol–water partition coefficient (Wildman–Crippen LogP) is 5.24. The highest BCUT2D eigenvalue weighted by molar-refractivity contribution is 7.22. The second-order valence-corrected chi connectivity index (χ2v) is 7.73. The van der Waals surface area contributed by atoms with Gasteiger partial charge in [0.2, 0.25) is 5.91 Å². The van der Waals surface area contributed by atoms with Crippen LogP contribution in [-0.2, 0) is 4.79 Å². The maximum atomic E-state index is 12.5. The number of hydrogen-bond donors (Lipinski definition) is 1. The Morgan fingerprint density at radius 1 is 1.33 bits per heavy atom. The van der Waals surface area contributed by atoms with Crippen molar-refractivity contribution in [3.8, 4) is 5.75 Å². The Labute approximate surface area is 147 Å². The van der Waals surface area contributed by atoms with Gasteiger partial charge in [0.05, 0.1) is 17.3 Å². The fourth-order valence-corrected chi connectivity index (χ4v) is 4.40. The molecular weight excluding hydrogens is 320 g/mol. The number of unbranched alkanes of at least 4 members (excludes halogenated alkanes) is 1. The summed E-state index contributed by atoms with van der Waals surface area (Å²) in [5, 5.41) is 3.72. The normalized spacial score (nSPS) is 20.9. The Balaban J connectivity index is 1.57. The van der Waals surface area contributed by atoms with Crippen molar-refractivity contribution in [3.63, 3.8) is 0 Å². The van der Waals surface area contributed by atoms with E-state index in [2.05, 4.69) is 17.2 Å². The quantitative estimate of drug-likeness (QED) is 0.778. The van der Waals surface area contributed by atoms with Crippen LogP contribution in [0.2, 0.25) is 0 Å². The van der Waals surface area contributed by atoms with Gasteiger partial charge in [-0.1, -0.05) is 37.5 Å². The first-order valence-corrected chi connectivity index (χ1v) is 9.76. The number of benzene rings is 1. The van der Waals surface area contributed by atoms with Crippen molar-refractivity contribution >= 4 is 32.6 Å². The number of thiazole rings is 1. The number of anilines is 1. The molecule has 1 amide bonds. The van der Waals surface area contributed by atoms with E-state index in [-0.39, 0.29) is 11.8 Å². The lowest BCUT2D eigenvalue weighted by atomic mass is 9.79. The van der Waals surface area contributed by atoms with Crippen molar-refractivity contribution in [1.82, 2.24) is 4.98 Å². The van der Waals surface area contributed by atoms with E-state index in [1.807, 2.05) is 18.2 Å². The molecule has 0 spiro atoms. The average Bonchev–Trinajstić information content (AvgIpc) is 3.01. The molecule has 2 aromatic rings. The molecule has 0 saturated heterocycles. The largest absolute Gasteiger partial charge is 0.497 e. The van der Waals surface area contributed by atoms with E-state index in [4.69, 9.17) is 4.74 Å². The number of rotatable bonds is 6. The van der Waals surface area contributed by atoms with Gasteiger partial charge < -0.3 is 10.1 Å². The minimum absolute atomic E-state index is 0.134. The highest BCUT2D eigenvalue weighted by Crippen LogP contribution is 2.34. The first kappa shape index (κ1) is 17.2. The van der Waals surface area contributed by atoms with Crippen LogP contribution in [0.5, 0.6) is 5.75 Å². The van der Waals surface area contributed by atoms with Crippen molar-refractivity contribution in [1.29, 1.82) is 0 Å². The van der Waals surface area contributed by atoms with E-state index < -0.39 is 0 Å². The molecule has 4 nitrogen and oxygen atoms in total. The molecule has 0 radical (unpaired) electrons. The summed E-state index contributed by atoms with van der Waals surface area (Å²) < 4.78 is 6.27. The summed E-state index contributed by atoms with van der Waals surface area (Å²) in [5.41, 5.74) is 0.902. The van der Waals surface area contributed by atoms with Crippen molar-refractivity contribution in [3.05, 3.63) is 18.2 Å². The van der Waals surface area contributed by atoms with Gasteiger partial charge in [0, 0.05) is 5.92 Å². The van der Waals surface area contributed by atoms with Gasteiger partial charge in [-0.3, -0.25) is 4.79 Å². The molecule has 0 unspecified atom stereocenters. The third-order valence-electron chi connectivity index (χ3n) is 5.01. The summed E-state index contributed by atoms with van der Waals surface area (Å²) in [6, 6.07) is 5.78. The summed E-state index contributed by atoms with van der Waals surface area (Å²) >= 11 is 1.51. The summed E-state index contributed by atoms with van der Waals surface area (Å²) in [6.45, 7) is 2.24. The van der Waals surface area contributed by atoms with Crippen molar-refractivity contribution < 1.29 is 9.53 Å². The number of ether oxygens (including phenoxy) is 1. The summed E-state index contributed by atoms with van der Waals surface area (Å²) in [7, 11) is 1.65. The van der Waals surface area contributed by atoms with Gasteiger partial charge in [0.25, 0.3) is 0 Å². The monoisotopic (exact) mass is 346 g/mol. The van der Waals surface area contributed by atoms with Gasteiger partial charge in [0.15, 0.2) is 5.13 Å². The maximum absolute atomic E-state index is 12.5. The van der Waals surface area contributed by atoms with Gasteiger partial charge in [-0.2, -0.15) is 0 Å². The number of nitrogens with one attached hydrogen (secondary N) is 1. The molecule has 0 bridgehead atoms. The molecule has 3 rings (SSSR count). The van der Waals surface area contributed by atoms with Gasteiger partial charge in [-0.25, -0.2) is 4.98 Å². The highest BCUT2D eigenvalue weighted by Gasteiger charge is 2.26. The number of aromatic nitrogens is 1. The second-order valence-electron chi connectivity index (χ2n) is 6.70. The molecule has 0 atom stereocenters. The maximum Gasteiger partial charge on any atom is 0.229 e. The smallest absolute Gasteiger partial charge is 0.229 e. The van der Waals surface area contributed by atoms with Crippen molar-refractivity contribution in [2.75, 3.05) is 12.4 Å². The van der Waals surface area contributed by atoms with E-state index in [9.17, 15) is 4.79 Å². The third-order valence-corrected chi connectivity index (χ3v) is 5.94. The Kier molecular flexibility index (Phi) is 5.72. The van der Waals surface area contributed by atoms with Crippen molar-refractivity contribution in [2.45, 2.75) is 51.9 Å². The summed E-state index contributed by atoms with van der Waals surface area (Å²) in [4.78, 5) is 17.0. The zero-order valence-electron chi connectivity index (χ0n) is 14.5. The van der Waals surface area contributed by atoms with E-state index in [0.29, 0.717) is 5.13 Å². The summed E-state index contributed by atoms with van der Waals surface area (Å²) in [6.07, 6.45) is 8.31. The molecule has 1 aliphatic rings. The van der Waals surface area contributed by atoms with Crippen molar-refractivity contribution in [2.24, 2.45) is 11.8 Å². The zero-order valence-corrected chi connectivity index (χ0v) is 15.3. The Bertz CT molecular complexity index is 690. The lowest BCUT2D eigenvalue weighted by Gasteiger charge is -2.27. The molecule has 1 aromatic heterocycles. The SMILES string of the molecule is CCCCC1CCC(C(=O)Nc2nc3ccc(OC)cc3s2)CC1. The number of carbonyl (C=O) groups is 1. The van der Waals surface area contributed by atoms with Gasteiger partial charge in [0.1, 0.15) is 5.75 Å². The molecule has 1 saturated carbocycles. The molecule has 1 heterocycles. The Morgan fingerprint density at radius 2 is 2.12 bits per heavy atom. The standard InChI is InChI=1S/C19H26N2O2S/c1-3-4-5-13-6-8-14(9-7-13)18(22)21-19-20-16-11-10-15(23-2)12-17(16)24-19/h10-14H,3-9H2,1-2H3,(H,20,21,22). The first-order valence-electron chi connectivity index (χ1n) is 8.95. The van der Waals surface area contributed by atoms with Gasteiger partial charge in [-0.05, 0) is 49.8 Å². The van der Waals surface area contributed by atoms with Gasteiger partial charge >= 0.3 is 0 Å². The zero-order chi connectivity index (χ0) is 16.9. The minimum atomic E-state index is 0.134. The van der Waals surface area contributed by atoms with Crippen LogP contribution in [0.15, 0.2) is 18.2 Å². The van der Waals surface area contributed by atoms with E-state index >= 15 is 0 Å². The summed E-state index contributed by atoms with van der Waals surface area (Å²) in [5.74, 6) is 1.91. The van der Waals surface area contributed by atoms with Crippen LogP contribution >= 0.6 is 11.3 Å². The lowest BCUT2D eigenvalue weighted by molar-refractivity contribution is -0.121. The minimum Gasteiger partial charge on any atom is -0.497 e. The Hall–Kier alpha value is -1.62. The van der Waals surface area contributed by atoms with E-state index in [0.717, 1.165) is 34.7 Å². The molecule has 0 aliphatic heterocycles.